The third-order valence-corrected chi connectivity index (χ3v) is 2.22. The van der Waals surface area contributed by atoms with Crippen LogP contribution in [0.15, 0.2) is 0 Å². The number of esters is 1. The van der Waals surface area contributed by atoms with E-state index < -0.39 is 5.97 Å². The Morgan fingerprint density at radius 1 is 1.27 bits per heavy atom. The smallest absolute Gasteiger partial charge is 0.348 e. The van der Waals surface area contributed by atoms with Gasteiger partial charge in [-0.15, -0.1) is 0 Å². The van der Waals surface area contributed by atoms with E-state index in [-0.39, 0.29) is 0 Å². The van der Waals surface area contributed by atoms with Gasteiger partial charge in [0, 0.05) is 0 Å². The van der Waals surface area contributed by atoms with E-state index in [0.29, 0.717) is 31.8 Å². The van der Waals surface area contributed by atoms with Crippen LogP contribution in [0.2, 0.25) is 0 Å². The molecule has 0 aromatic rings. The van der Waals surface area contributed by atoms with Gasteiger partial charge < -0.3 is 21.6 Å². The summed E-state index contributed by atoms with van der Waals surface area (Å²) >= 11 is 0. The number of carbonyl (C=O) groups excluding carboxylic acids is 1. The van der Waals surface area contributed by atoms with Gasteiger partial charge in [0.15, 0.2) is 0 Å². The summed E-state index contributed by atoms with van der Waals surface area (Å²) in [6.45, 7) is 1.64. The molecule has 0 heterocycles. The minimum atomic E-state index is -0.587. The van der Waals surface area contributed by atoms with Crippen LogP contribution in [0.1, 0.15) is 25.7 Å². The van der Waals surface area contributed by atoms with Crippen molar-refractivity contribution in [3.8, 4) is 0 Å². The molecule has 0 fully saturated rings. The largest absolute Gasteiger partial charge is 0.461 e. The first-order valence-electron chi connectivity index (χ1n) is 5.32. The molecule has 0 amide bonds. The summed E-state index contributed by atoms with van der Waals surface area (Å²) in [4.78, 5) is 10.7. The van der Waals surface area contributed by atoms with Crippen molar-refractivity contribution in [3.05, 3.63) is 0 Å². The van der Waals surface area contributed by atoms with Crippen LogP contribution >= 0.6 is 0 Å². The van der Waals surface area contributed by atoms with Crippen molar-refractivity contribution in [3.63, 3.8) is 0 Å². The summed E-state index contributed by atoms with van der Waals surface area (Å²) in [7, 11) is 0. The Morgan fingerprint density at radius 3 is 2.53 bits per heavy atom. The molecule has 0 bridgehead atoms. The van der Waals surface area contributed by atoms with Crippen molar-refractivity contribution >= 4 is 12.2 Å². The summed E-state index contributed by atoms with van der Waals surface area (Å²) in [5, 5.41) is 6.68. The minimum Gasteiger partial charge on any atom is -0.461 e. The molecule has 0 saturated heterocycles. The summed E-state index contributed by atoms with van der Waals surface area (Å²) in [5.41, 5.74) is 10.9. The zero-order valence-electron chi connectivity index (χ0n) is 9.08. The van der Waals surface area contributed by atoms with Crippen molar-refractivity contribution in [2.75, 3.05) is 19.7 Å². The molecule has 5 heteroatoms. The van der Waals surface area contributed by atoms with Crippen molar-refractivity contribution in [2.45, 2.75) is 25.7 Å². The van der Waals surface area contributed by atoms with Gasteiger partial charge in [-0.05, 0) is 38.3 Å². The van der Waals surface area contributed by atoms with Gasteiger partial charge in [-0.25, -0.2) is 4.79 Å². The highest BCUT2D eigenvalue weighted by atomic mass is 16.5. The SMILES string of the molecule is N=CC(=O)OCC(CCN)CCCCN. The Balaban J connectivity index is 3.71. The third-order valence-electron chi connectivity index (χ3n) is 2.22. The molecule has 0 aliphatic heterocycles. The van der Waals surface area contributed by atoms with Crippen LogP contribution in [-0.4, -0.2) is 31.9 Å². The van der Waals surface area contributed by atoms with Gasteiger partial charge in [0.1, 0.15) is 6.21 Å². The van der Waals surface area contributed by atoms with E-state index in [0.717, 1.165) is 25.7 Å². The monoisotopic (exact) mass is 215 g/mol. The number of carbonyl (C=O) groups is 1. The Hall–Kier alpha value is -0.940. The fraction of sp³-hybridized carbons (Fsp3) is 0.800. The lowest BCUT2D eigenvalue weighted by Crippen LogP contribution is -2.18. The second-order valence-electron chi connectivity index (χ2n) is 3.50. The van der Waals surface area contributed by atoms with E-state index in [2.05, 4.69) is 0 Å². The molecule has 0 aromatic carbocycles. The molecule has 0 radical (unpaired) electrons. The maximum Gasteiger partial charge on any atom is 0.348 e. The Morgan fingerprint density at radius 2 is 2.00 bits per heavy atom. The highest BCUT2D eigenvalue weighted by Crippen LogP contribution is 2.12. The Labute approximate surface area is 90.7 Å². The maximum absolute atomic E-state index is 10.7. The quantitative estimate of drug-likeness (QED) is 0.292. The first kappa shape index (κ1) is 14.1. The summed E-state index contributed by atoms with van der Waals surface area (Å²) in [6, 6.07) is 0. The van der Waals surface area contributed by atoms with Crippen LogP contribution in [0.5, 0.6) is 0 Å². The molecule has 0 aliphatic carbocycles. The number of hydrogen-bond acceptors (Lipinski definition) is 5. The predicted octanol–water partition coefficient (Wildman–Crippen LogP) is 0.273. The highest BCUT2D eigenvalue weighted by molar-refractivity contribution is 6.21. The maximum atomic E-state index is 10.7. The van der Waals surface area contributed by atoms with Gasteiger partial charge in [0.05, 0.1) is 6.61 Å². The zero-order valence-corrected chi connectivity index (χ0v) is 9.08. The fourth-order valence-corrected chi connectivity index (χ4v) is 1.37. The molecule has 0 spiro atoms. The van der Waals surface area contributed by atoms with E-state index in [1.807, 2.05) is 0 Å². The number of ether oxygens (including phenoxy) is 1. The zero-order chi connectivity index (χ0) is 11.5. The van der Waals surface area contributed by atoms with Crippen molar-refractivity contribution in [1.82, 2.24) is 0 Å². The number of nitrogens with two attached hydrogens (primary N) is 2. The van der Waals surface area contributed by atoms with Crippen LogP contribution < -0.4 is 11.5 Å². The minimum absolute atomic E-state index is 0.297. The number of unbranched alkanes of at least 4 members (excludes halogenated alkanes) is 1. The number of nitrogens with one attached hydrogen (secondary N) is 1. The van der Waals surface area contributed by atoms with Gasteiger partial charge in [-0.1, -0.05) is 6.42 Å². The first-order valence-corrected chi connectivity index (χ1v) is 5.32. The molecular formula is C10H21N3O2. The van der Waals surface area contributed by atoms with E-state index in [1.54, 1.807) is 0 Å². The Bertz CT molecular complexity index is 186. The van der Waals surface area contributed by atoms with Crippen LogP contribution in [-0.2, 0) is 9.53 Å². The molecule has 0 saturated carbocycles. The van der Waals surface area contributed by atoms with Gasteiger partial charge in [-0.3, -0.25) is 0 Å². The first-order chi connectivity index (χ1) is 7.24. The summed E-state index contributed by atoms with van der Waals surface area (Å²) in [5.74, 6) is -0.290. The van der Waals surface area contributed by atoms with E-state index in [9.17, 15) is 4.79 Å². The lowest BCUT2D eigenvalue weighted by atomic mass is 9.99. The van der Waals surface area contributed by atoms with Gasteiger partial charge in [0.25, 0.3) is 0 Å². The molecule has 5 nitrogen and oxygen atoms in total. The second kappa shape index (κ2) is 9.61. The molecule has 0 aromatic heterocycles. The van der Waals surface area contributed by atoms with Crippen LogP contribution in [0.25, 0.3) is 0 Å². The number of rotatable bonds is 9. The lowest BCUT2D eigenvalue weighted by Gasteiger charge is -2.15. The van der Waals surface area contributed by atoms with Gasteiger partial charge in [-0.2, -0.15) is 0 Å². The molecule has 1 unspecified atom stereocenters. The topological polar surface area (TPSA) is 102 Å². The van der Waals surface area contributed by atoms with Gasteiger partial charge in [0.2, 0.25) is 0 Å². The molecule has 0 aliphatic rings. The van der Waals surface area contributed by atoms with Crippen LogP contribution in [0, 0.1) is 11.3 Å². The predicted molar refractivity (Wildman–Crippen MR) is 59.8 cm³/mol. The standard InChI is InChI=1S/C10H21N3O2/c11-5-2-1-3-9(4-6-12)8-15-10(14)7-13/h7,9,13H,1-6,8,11-12H2. The van der Waals surface area contributed by atoms with Crippen LogP contribution in [0.4, 0.5) is 0 Å². The van der Waals surface area contributed by atoms with Crippen molar-refractivity contribution in [1.29, 1.82) is 5.41 Å². The molecule has 88 valence electrons. The normalized spacial score (nSPS) is 12.1. The molecule has 5 N–H and O–H groups in total. The Kier molecular flexibility index (Phi) is 9.01. The van der Waals surface area contributed by atoms with Crippen molar-refractivity contribution in [2.24, 2.45) is 17.4 Å². The van der Waals surface area contributed by atoms with Crippen molar-refractivity contribution < 1.29 is 9.53 Å². The summed E-state index contributed by atoms with van der Waals surface area (Å²) < 4.78 is 4.87. The molecular weight excluding hydrogens is 194 g/mol. The average molecular weight is 215 g/mol. The highest BCUT2D eigenvalue weighted by Gasteiger charge is 2.09. The lowest BCUT2D eigenvalue weighted by molar-refractivity contribution is -0.136. The fourth-order valence-electron chi connectivity index (χ4n) is 1.37. The van der Waals surface area contributed by atoms with E-state index >= 15 is 0 Å². The molecule has 0 rings (SSSR count). The second-order valence-corrected chi connectivity index (χ2v) is 3.50. The molecule has 15 heavy (non-hydrogen) atoms. The number of hydrogen-bond donors (Lipinski definition) is 3. The average Bonchev–Trinajstić information content (AvgIpc) is 2.25. The van der Waals surface area contributed by atoms with Crippen LogP contribution in [0.3, 0.4) is 0 Å². The van der Waals surface area contributed by atoms with Gasteiger partial charge >= 0.3 is 5.97 Å². The summed E-state index contributed by atoms with van der Waals surface area (Å²) in [6.07, 6.45) is 4.51. The van der Waals surface area contributed by atoms with E-state index in [4.69, 9.17) is 21.6 Å². The third kappa shape index (κ3) is 8.08. The molecule has 1 atom stereocenters. The van der Waals surface area contributed by atoms with E-state index in [1.165, 1.54) is 0 Å².